The van der Waals surface area contributed by atoms with E-state index in [1.807, 2.05) is 0 Å². The van der Waals surface area contributed by atoms with Gasteiger partial charge >= 0.3 is 0 Å². The fraction of sp³-hybridized carbons (Fsp3) is 0.500. The van der Waals surface area contributed by atoms with Crippen LogP contribution in [0.4, 0.5) is 20.5 Å². The van der Waals surface area contributed by atoms with Crippen LogP contribution in [0.3, 0.4) is 0 Å². The molecule has 0 aliphatic carbocycles. The summed E-state index contributed by atoms with van der Waals surface area (Å²) >= 11 is 6.56. The van der Waals surface area contributed by atoms with E-state index in [0.29, 0.717) is 0 Å². The van der Waals surface area contributed by atoms with Crippen LogP contribution in [0.25, 0.3) is 0 Å². The highest BCUT2D eigenvalue weighted by atomic mass is 32.1. The summed E-state index contributed by atoms with van der Waals surface area (Å²) in [5.41, 5.74) is 3.80. The number of fused-ring (bicyclic) bond motifs is 8. The lowest BCUT2D eigenvalue weighted by Crippen LogP contribution is -2.25. The molecule has 5 rings (SSSR count). The molecular formula is C24H30N6S4. The molecule has 0 saturated carbocycles. The number of rotatable bonds is 6. The minimum Gasteiger partial charge on any atom is -0.307 e. The van der Waals surface area contributed by atoms with Gasteiger partial charge in [0.05, 0.1) is 33.6 Å². The van der Waals surface area contributed by atoms with Gasteiger partial charge in [0.1, 0.15) is 0 Å². The largest absolute Gasteiger partial charge is 0.307 e. The summed E-state index contributed by atoms with van der Waals surface area (Å²) in [6.45, 7) is 9.00. The Morgan fingerprint density at radius 1 is 0.588 bits per heavy atom. The van der Waals surface area contributed by atoms with Gasteiger partial charge < -0.3 is 10.6 Å². The molecule has 1 aliphatic heterocycles. The third-order valence-corrected chi connectivity index (χ3v) is 9.80. The zero-order chi connectivity index (χ0) is 23.8. The molecule has 0 radical (unpaired) electrons. The van der Waals surface area contributed by atoms with Crippen molar-refractivity contribution >= 4 is 65.9 Å². The highest BCUT2D eigenvalue weighted by Gasteiger charge is 2.36. The molecule has 180 valence electrons. The zero-order valence-corrected chi connectivity index (χ0v) is 23.2. The normalized spacial score (nSPS) is 21.8. The average molecular weight is 531 g/mol. The minimum atomic E-state index is -0.235. The minimum absolute atomic E-state index is 0.235. The van der Waals surface area contributed by atoms with Gasteiger partial charge in [0.25, 0.3) is 0 Å². The molecule has 0 amide bonds. The molecule has 0 aromatic carbocycles. The number of nitrogens with one attached hydrogen (secondary N) is 2. The third-order valence-electron chi connectivity index (χ3n) is 6.77. The first-order valence-corrected chi connectivity index (χ1v) is 15.3. The number of nitrogens with zero attached hydrogens (tertiary/aromatic N) is 4. The maximum Gasteiger partial charge on any atom is 0.189 e. The van der Waals surface area contributed by atoms with E-state index in [4.69, 9.17) is 19.9 Å². The summed E-state index contributed by atoms with van der Waals surface area (Å²) in [5, 5.41) is 19.2. The molecule has 4 aromatic rings. The topological polar surface area (TPSA) is 75.6 Å². The Balaban J connectivity index is 1.61. The molecule has 0 saturated heterocycles. The number of hydrogen-bond donors (Lipinski definition) is 2. The van der Waals surface area contributed by atoms with Crippen LogP contribution in [0.2, 0.25) is 0 Å². The van der Waals surface area contributed by atoms with E-state index < -0.39 is 0 Å². The summed E-state index contributed by atoms with van der Waals surface area (Å²) in [6, 6.07) is 0. The Morgan fingerprint density at radius 2 is 0.882 bits per heavy atom. The first-order valence-electron chi connectivity index (χ1n) is 11.8. The molecule has 0 spiro atoms. The molecule has 1 aliphatic rings. The van der Waals surface area contributed by atoms with E-state index in [-0.39, 0.29) is 10.8 Å². The predicted octanol–water partition coefficient (Wildman–Crippen LogP) is 8.31. The quantitative estimate of drug-likeness (QED) is 0.261. The third kappa shape index (κ3) is 4.41. The Labute approximate surface area is 217 Å². The van der Waals surface area contributed by atoms with Gasteiger partial charge in [0.15, 0.2) is 20.5 Å². The fourth-order valence-electron chi connectivity index (χ4n) is 4.36. The molecule has 34 heavy (non-hydrogen) atoms. The Kier molecular flexibility index (Phi) is 6.76. The highest BCUT2D eigenvalue weighted by molar-refractivity contribution is 7.16. The zero-order valence-electron chi connectivity index (χ0n) is 20.0. The summed E-state index contributed by atoms with van der Waals surface area (Å²) in [7, 11) is 0. The molecule has 6 nitrogen and oxygen atoms in total. The maximum atomic E-state index is 5.02. The summed E-state index contributed by atoms with van der Waals surface area (Å²) in [4.78, 5) is 20.1. The summed E-state index contributed by atoms with van der Waals surface area (Å²) < 4.78 is 0. The number of hydrogen-bond acceptors (Lipinski definition) is 10. The molecule has 8 bridgehead atoms. The van der Waals surface area contributed by atoms with E-state index >= 15 is 0 Å². The highest BCUT2D eigenvalue weighted by Crippen LogP contribution is 2.43. The van der Waals surface area contributed by atoms with E-state index in [9.17, 15) is 0 Å². The summed E-state index contributed by atoms with van der Waals surface area (Å²) in [5.74, 6) is 0. The van der Waals surface area contributed by atoms with E-state index in [0.717, 1.165) is 81.8 Å². The standard InChI is InChI=1S/C24H30N6S4/c1-5-7-9-23(3)15-11-31-19(25-15)29-21-27-17(13-33-21)24(4,10-8-6-2)18-14-34-22(28-18)30-20-26-16(23)12-32-20/h11-14H,5-10H2,1-4H3,(H,25,27,29)(H,26,28,30). The Morgan fingerprint density at radius 3 is 1.15 bits per heavy atom. The molecule has 5 heterocycles. The second kappa shape index (κ2) is 9.64. The number of aromatic nitrogens is 4. The van der Waals surface area contributed by atoms with Crippen molar-refractivity contribution in [3.8, 4) is 0 Å². The van der Waals surface area contributed by atoms with Crippen molar-refractivity contribution in [1.82, 2.24) is 19.9 Å². The Bertz CT molecular complexity index is 1070. The number of anilines is 4. The van der Waals surface area contributed by atoms with Crippen molar-refractivity contribution in [2.75, 3.05) is 10.6 Å². The monoisotopic (exact) mass is 530 g/mol. The van der Waals surface area contributed by atoms with Crippen molar-refractivity contribution in [2.45, 2.75) is 77.0 Å². The molecule has 10 heteroatoms. The molecular weight excluding hydrogens is 501 g/mol. The van der Waals surface area contributed by atoms with Gasteiger partial charge in [-0.05, 0) is 26.7 Å². The van der Waals surface area contributed by atoms with Crippen LogP contribution in [0, 0.1) is 0 Å². The predicted molar refractivity (Wildman–Crippen MR) is 147 cm³/mol. The van der Waals surface area contributed by atoms with Gasteiger partial charge in [-0.3, -0.25) is 0 Å². The average Bonchev–Trinajstić information content (AvgIpc) is 3.63. The van der Waals surface area contributed by atoms with Crippen molar-refractivity contribution in [1.29, 1.82) is 0 Å². The van der Waals surface area contributed by atoms with E-state index in [1.54, 1.807) is 45.3 Å². The van der Waals surface area contributed by atoms with Crippen LogP contribution in [-0.4, -0.2) is 19.9 Å². The first kappa shape index (κ1) is 23.8. The first-order chi connectivity index (χ1) is 16.4. The second-order valence-electron chi connectivity index (χ2n) is 9.27. The molecule has 2 N–H and O–H groups in total. The van der Waals surface area contributed by atoms with Crippen LogP contribution < -0.4 is 10.6 Å². The van der Waals surface area contributed by atoms with Gasteiger partial charge in [-0.1, -0.05) is 39.5 Å². The molecule has 4 aromatic heterocycles. The van der Waals surface area contributed by atoms with Crippen molar-refractivity contribution in [2.24, 2.45) is 0 Å². The van der Waals surface area contributed by atoms with Crippen LogP contribution in [0.15, 0.2) is 21.5 Å². The fourth-order valence-corrected chi connectivity index (χ4v) is 7.86. The van der Waals surface area contributed by atoms with Crippen molar-refractivity contribution < 1.29 is 0 Å². The van der Waals surface area contributed by atoms with Crippen molar-refractivity contribution in [3.63, 3.8) is 0 Å². The lowest BCUT2D eigenvalue weighted by atomic mass is 9.79. The van der Waals surface area contributed by atoms with Gasteiger partial charge in [0, 0.05) is 21.5 Å². The SMILES string of the molecule is CCCCC1(C)c2csc(n2)Nc2nc(cs2)C(C)(CCCC)c2csc(n2)Nc2nc1cs2. The smallest absolute Gasteiger partial charge is 0.189 e. The maximum absolute atomic E-state index is 5.02. The summed E-state index contributed by atoms with van der Waals surface area (Å²) in [6.07, 6.45) is 6.54. The molecule has 0 unspecified atom stereocenters. The number of unbranched alkanes of at least 4 members (excludes halogenated alkanes) is 2. The van der Waals surface area contributed by atoms with Crippen LogP contribution in [0.1, 0.15) is 89.0 Å². The number of thiazole rings is 4. The van der Waals surface area contributed by atoms with Crippen LogP contribution in [0.5, 0.6) is 0 Å². The van der Waals surface area contributed by atoms with Gasteiger partial charge in [0.2, 0.25) is 0 Å². The van der Waals surface area contributed by atoms with Crippen LogP contribution >= 0.6 is 45.3 Å². The van der Waals surface area contributed by atoms with Gasteiger partial charge in [-0.15, -0.1) is 45.3 Å². The molecule has 0 fully saturated rings. The second-order valence-corrected chi connectivity index (χ2v) is 12.7. The Hall–Kier alpha value is -1.88. The van der Waals surface area contributed by atoms with Gasteiger partial charge in [-0.25, -0.2) is 19.9 Å². The lowest BCUT2D eigenvalue weighted by Gasteiger charge is -2.26. The van der Waals surface area contributed by atoms with E-state index in [1.165, 1.54) is 0 Å². The van der Waals surface area contributed by atoms with Crippen molar-refractivity contribution in [3.05, 3.63) is 44.3 Å². The van der Waals surface area contributed by atoms with Crippen LogP contribution in [-0.2, 0) is 10.8 Å². The van der Waals surface area contributed by atoms with E-state index in [2.05, 4.69) is 59.8 Å². The lowest BCUT2D eigenvalue weighted by molar-refractivity contribution is 0.472. The van der Waals surface area contributed by atoms with Gasteiger partial charge in [-0.2, -0.15) is 0 Å². The molecule has 0 atom stereocenters.